The number of nitrogens with zero attached hydrogens (tertiary/aromatic N) is 1. The average molecular weight is 1110 g/mol. The van der Waals surface area contributed by atoms with Gasteiger partial charge in [-0.25, -0.2) is 4.79 Å². The summed E-state index contributed by atoms with van der Waals surface area (Å²) in [6.07, 6.45) is 78.5. The number of unbranched alkanes of at least 4 members (excludes halogenated alkanes) is 31. The summed E-state index contributed by atoms with van der Waals surface area (Å²) in [5.74, 6) is -2.03. The lowest BCUT2D eigenvalue weighted by Crippen LogP contribution is -2.40. The van der Waals surface area contributed by atoms with E-state index >= 15 is 0 Å². The molecule has 0 radical (unpaired) electrons. The van der Waals surface area contributed by atoms with Crippen molar-refractivity contribution in [3.63, 3.8) is 0 Å². The maximum atomic E-state index is 12.9. The zero-order valence-electron chi connectivity index (χ0n) is 52.0. The highest BCUT2D eigenvalue weighted by atomic mass is 16.7. The van der Waals surface area contributed by atoms with Crippen molar-refractivity contribution in [2.75, 3.05) is 47.5 Å². The Kier molecular flexibility index (Phi) is 57.9. The summed E-state index contributed by atoms with van der Waals surface area (Å²) >= 11 is 0. The Labute approximate surface area is 487 Å². The van der Waals surface area contributed by atoms with Gasteiger partial charge in [0.2, 0.25) is 0 Å². The lowest BCUT2D eigenvalue weighted by molar-refractivity contribution is -0.870. The lowest BCUT2D eigenvalue weighted by Gasteiger charge is -2.25. The predicted octanol–water partition coefficient (Wildman–Crippen LogP) is 19.9. The molecule has 9 heteroatoms. The minimum atomic E-state index is -1.52. The molecule has 79 heavy (non-hydrogen) atoms. The SMILES string of the molecule is CC/C=C\C/C=C\C/C=C\C/C=C\CCCCCCC(=O)OC(COC(=O)CCCCCCCCCCCCCCCCCCCCCCCC/C=C\C/C=C\C/C=C\CCCCCCC)COC(OCC[N+](C)(C)C)C(=O)O. The van der Waals surface area contributed by atoms with E-state index in [1.807, 2.05) is 21.1 Å². The molecule has 456 valence electrons. The van der Waals surface area contributed by atoms with E-state index in [4.69, 9.17) is 18.9 Å². The summed E-state index contributed by atoms with van der Waals surface area (Å²) in [4.78, 5) is 37.5. The highest BCUT2D eigenvalue weighted by Crippen LogP contribution is 2.17. The Morgan fingerprint density at radius 2 is 0.722 bits per heavy atom. The first-order valence-electron chi connectivity index (χ1n) is 32.8. The number of hydrogen-bond donors (Lipinski definition) is 1. The molecule has 0 amide bonds. The number of carbonyl (C=O) groups is 3. The van der Waals surface area contributed by atoms with Crippen molar-refractivity contribution < 1.29 is 42.9 Å². The Balaban J connectivity index is 4.03. The second-order valence-electron chi connectivity index (χ2n) is 23.0. The molecular weight excluding hydrogens is 983 g/mol. The van der Waals surface area contributed by atoms with Crippen LogP contribution in [-0.2, 0) is 33.3 Å². The number of hydrogen-bond acceptors (Lipinski definition) is 7. The normalized spacial score (nSPS) is 13.3. The third-order valence-electron chi connectivity index (χ3n) is 14.1. The molecule has 0 spiro atoms. The fourth-order valence-corrected chi connectivity index (χ4v) is 9.13. The lowest BCUT2D eigenvalue weighted by atomic mass is 10.0. The molecule has 0 saturated heterocycles. The molecule has 0 aromatic rings. The van der Waals surface area contributed by atoms with Crippen LogP contribution in [-0.4, -0.2) is 87.4 Å². The number of carboxylic acid groups (broad SMARTS) is 1. The Morgan fingerprint density at radius 1 is 0.392 bits per heavy atom. The van der Waals surface area contributed by atoms with Crippen molar-refractivity contribution in [2.45, 2.75) is 296 Å². The van der Waals surface area contributed by atoms with Crippen molar-refractivity contribution >= 4 is 17.9 Å². The number of allylic oxidation sites excluding steroid dienone is 14. The van der Waals surface area contributed by atoms with Gasteiger partial charge in [0.15, 0.2) is 6.10 Å². The van der Waals surface area contributed by atoms with Gasteiger partial charge in [-0.3, -0.25) is 9.59 Å². The van der Waals surface area contributed by atoms with E-state index in [0.717, 1.165) is 83.5 Å². The maximum absolute atomic E-state index is 12.9. The number of aliphatic carboxylic acids is 1. The maximum Gasteiger partial charge on any atom is 0.361 e. The first-order valence-corrected chi connectivity index (χ1v) is 32.8. The van der Waals surface area contributed by atoms with Gasteiger partial charge in [-0.05, 0) is 89.9 Å². The van der Waals surface area contributed by atoms with E-state index < -0.39 is 24.3 Å². The number of rotatable bonds is 60. The smallest absolute Gasteiger partial charge is 0.361 e. The standard InChI is InChI=1S/C70H123NO8/c1-6-8-10-12-14-16-18-20-22-24-25-26-27-28-29-30-31-32-33-34-35-36-37-38-39-40-41-42-43-45-46-48-50-52-54-56-58-60-67(72)77-64-66(65-78-70(69(74)75)76-63-62-71(3,4)5)79-68(73)61-59-57-55-53-51-49-47-44-23-21-19-17-15-13-11-9-7-2/h9,11,15,17-18,20-21,23-25,27-28,47,49,66,70H,6-8,10,12-14,16,19,22,26,29-46,48,50-65H2,1-5H3/p+1/b11-9-,17-15-,20-18-,23-21-,25-24-,28-27-,49-47-. The number of quaternary nitrogens is 1. The van der Waals surface area contributed by atoms with E-state index in [0.29, 0.717) is 23.9 Å². The molecule has 9 nitrogen and oxygen atoms in total. The summed E-state index contributed by atoms with van der Waals surface area (Å²) in [5.41, 5.74) is 0. The molecule has 0 aromatic carbocycles. The highest BCUT2D eigenvalue weighted by molar-refractivity contribution is 5.71. The molecule has 2 atom stereocenters. The summed E-state index contributed by atoms with van der Waals surface area (Å²) in [5, 5.41) is 9.71. The topological polar surface area (TPSA) is 108 Å². The van der Waals surface area contributed by atoms with Gasteiger partial charge in [0.25, 0.3) is 6.29 Å². The van der Waals surface area contributed by atoms with Crippen molar-refractivity contribution in [2.24, 2.45) is 0 Å². The molecule has 2 unspecified atom stereocenters. The van der Waals surface area contributed by atoms with Crippen LogP contribution in [0.5, 0.6) is 0 Å². The Hall–Kier alpha value is -3.53. The minimum Gasteiger partial charge on any atom is -0.477 e. The third-order valence-corrected chi connectivity index (χ3v) is 14.1. The summed E-state index contributed by atoms with van der Waals surface area (Å²) in [6.45, 7) is 4.74. The van der Waals surface area contributed by atoms with Crippen LogP contribution in [0.2, 0.25) is 0 Å². The van der Waals surface area contributed by atoms with Crippen molar-refractivity contribution in [3.8, 4) is 0 Å². The number of carbonyl (C=O) groups excluding carboxylic acids is 2. The Morgan fingerprint density at radius 3 is 1.08 bits per heavy atom. The molecular formula is C70H124NO8+. The minimum absolute atomic E-state index is 0.180. The third kappa shape index (κ3) is 61.9. The number of ether oxygens (including phenoxy) is 4. The monoisotopic (exact) mass is 1110 g/mol. The molecule has 1 N–H and O–H groups in total. The van der Waals surface area contributed by atoms with Gasteiger partial charge in [0.1, 0.15) is 13.2 Å². The Bertz CT molecular complexity index is 1570. The van der Waals surface area contributed by atoms with Gasteiger partial charge in [-0.2, -0.15) is 0 Å². The molecule has 0 rings (SSSR count). The zero-order valence-corrected chi connectivity index (χ0v) is 52.0. The van der Waals surface area contributed by atoms with Crippen LogP contribution < -0.4 is 0 Å². The van der Waals surface area contributed by atoms with Crippen LogP contribution in [0.1, 0.15) is 284 Å². The molecule has 0 aromatic heterocycles. The zero-order chi connectivity index (χ0) is 57.6. The van der Waals surface area contributed by atoms with E-state index in [1.54, 1.807) is 0 Å². The second kappa shape index (κ2) is 60.6. The van der Waals surface area contributed by atoms with Crippen LogP contribution in [0.15, 0.2) is 85.1 Å². The van der Waals surface area contributed by atoms with Crippen molar-refractivity contribution in [3.05, 3.63) is 85.1 Å². The van der Waals surface area contributed by atoms with E-state index in [2.05, 4.69) is 98.9 Å². The number of likely N-dealkylation sites (N-methyl/N-ethyl adjacent to an activating group) is 1. The first kappa shape index (κ1) is 75.5. The van der Waals surface area contributed by atoms with E-state index in [1.165, 1.54) is 167 Å². The van der Waals surface area contributed by atoms with Gasteiger partial charge in [-0.15, -0.1) is 0 Å². The van der Waals surface area contributed by atoms with Crippen LogP contribution >= 0.6 is 0 Å². The van der Waals surface area contributed by atoms with Gasteiger partial charge in [-0.1, -0.05) is 266 Å². The fraction of sp³-hybridized carbons (Fsp3) is 0.757. The molecule has 0 saturated carbocycles. The molecule has 0 fully saturated rings. The molecule has 0 bridgehead atoms. The van der Waals surface area contributed by atoms with Crippen LogP contribution in [0.25, 0.3) is 0 Å². The van der Waals surface area contributed by atoms with Gasteiger partial charge < -0.3 is 28.5 Å². The van der Waals surface area contributed by atoms with Crippen LogP contribution in [0.3, 0.4) is 0 Å². The number of carboxylic acids is 1. The summed E-state index contributed by atoms with van der Waals surface area (Å²) < 4.78 is 22.9. The largest absolute Gasteiger partial charge is 0.477 e. The summed E-state index contributed by atoms with van der Waals surface area (Å²) in [7, 11) is 5.96. The molecule has 0 aliphatic carbocycles. The van der Waals surface area contributed by atoms with E-state index in [9.17, 15) is 19.5 Å². The van der Waals surface area contributed by atoms with Crippen LogP contribution in [0.4, 0.5) is 0 Å². The second-order valence-corrected chi connectivity index (χ2v) is 23.0. The van der Waals surface area contributed by atoms with Crippen molar-refractivity contribution in [1.29, 1.82) is 0 Å². The molecule has 0 heterocycles. The van der Waals surface area contributed by atoms with Crippen LogP contribution in [0, 0.1) is 0 Å². The van der Waals surface area contributed by atoms with Gasteiger partial charge >= 0.3 is 17.9 Å². The molecule has 0 aliphatic heterocycles. The molecule has 0 aliphatic rings. The quantitative estimate of drug-likeness (QED) is 0.0211. The average Bonchev–Trinajstić information content (AvgIpc) is 3.42. The van der Waals surface area contributed by atoms with E-state index in [-0.39, 0.29) is 32.2 Å². The predicted molar refractivity (Wildman–Crippen MR) is 336 cm³/mol. The highest BCUT2D eigenvalue weighted by Gasteiger charge is 2.25. The first-order chi connectivity index (χ1) is 38.6. The van der Waals surface area contributed by atoms with Gasteiger partial charge in [0, 0.05) is 12.8 Å². The fourth-order valence-electron chi connectivity index (χ4n) is 9.13. The number of esters is 2. The summed E-state index contributed by atoms with van der Waals surface area (Å²) in [6, 6.07) is 0. The van der Waals surface area contributed by atoms with Crippen molar-refractivity contribution in [1.82, 2.24) is 0 Å². The van der Waals surface area contributed by atoms with Gasteiger partial charge in [0.05, 0.1) is 34.4 Å².